The first-order valence-corrected chi connectivity index (χ1v) is 9.10. The van der Waals surface area contributed by atoms with Gasteiger partial charge in [-0.1, -0.05) is 30.3 Å². The van der Waals surface area contributed by atoms with Crippen LogP contribution in [-0.2, 0) is 16.0 Å². The molecule has 1 heterocycles. The molecule has 1 aliphatic rings. The maximum Gasteiger partial charge on any atom is 0.307 e. The number of aliphatic carboxylic acids is 1. The maximum absolute atomic E-state index is 13.3. The number of fused-ring (bicyclic) bond motifs is 1. The summed E-state index contributed by atoms with van der Waals surface area (Å²) in [5.74, 6) is -2.75. The number of carbonyl (C=O) groups is 3. The molecule has 1 N–H and O–H groups in total. The van der Waals surface area contributed by atoms with Gasteiger partial charge >= 0.3 is 5.97 Å². The van der Waals surface area contributed by atoms with Crippen LogP contribution in [0.1, 0.15) is 41.6 Å². The number of halogens is 1. The van der Waals surface area contributed by atoms with Crippen molar-refractivity contribution >= 4 is 28.9 Å². The Morgan fingerprint density at radius 1 is 1.07 bits per heavy atom. The van der Waals surface area contributed by atoms with Crippen LogP contribution >= 0.6 is 0 Å². The van der Waals surface area contributed by atoms with Gasteiger partial charge in [-0.3, -0.25) is 19.4 Å². The van der Waals surface area contributed by atoms with E-state index in [1.165, 1.54) is 12.1 Å². The molecule has 0 saturated carbocycles. The molecule has 2 aromatic rings. The number of Topliss-reactive ketones (excluding diaryl/α,β-unsaturated/α-hetero) is 2. The summed E-state index contributed by atoms with van der Waals surface area (Å²) in [4.78, 5) is 40.2. The molecule has 0 fully saturated rings. The highest BCUT2D eigenvalue weighted by Crippen LogP contribution is 2.29. The lowest BCUT2D eigenvalue weighted by Gasteiger charge is -2.11. The molecule has 0 aliphatic carbocycles. The molecule has 5 nitrogen and oxygen atoms in total. The van der Waals surface area contributed by atoms with E-state index in [2.05, 4.69) is 4.99 Å². The van der Waals surface area contributed by atoms with Crippen LogP contribution in [0.2, 0.25) is 0 Å². The van der Waals surface area contributed by atoms with Crippen LogP contribution in [0.4, 0.5) is 10.1 Å². The number of hydrogen-bond acceptors (Lipinski definition) is 4. The van der Waals surface area contributed by atoms with Crippen molar-refractivity contribution in [3.05, 3.63) is 65.5 Å². The Hall–Kier alpha value is -3.15. The Morgan fingerprint density at radius 3 is 2.54 bits per heavy atom. The molecular weight excluding hydrogens is 361 g/mol. The first kappa shape index (κ1) is 19.6. The predicted octanol–water partition coefficient (Wildman–Crippen LogP) is 4.17. The van der Waals surface area contributed by atoms with E-state index in [1.54, 1.807) is 36.4 Å². The van der Waals surface area contributed by atoms with Gasteiger partial charge in [0, 0.05) is 37.0 Å². The highest BCUT2D eigenvalue weighted by atomic mass is 19.1. The first-order valence-electron chi connectivity index (χ1n) is 9.10. The average molecular weight is 381 g/mol. The summed E-state index contributed by atoms with van der Waals surface area (Å²) in [5, 5.41) is 9.46. The van der Waals surface area contributed by atoms with Crippen molar-refractivity contribution in [2.75, 3.05) is 0 Å². The van der Waals surface area contributed by atoms with E-state index in [1.807, 2.05) is 0 Å². The summed E-state index contributed by atoms with van der Waals surface area (Å²) in [5.41, 5.74) is 2.52. The average Bonchev–Trinajstić information content (AvgIpc) is 3.07. The number of carboxylic acids is 1. The summed E-state index contributed by atoms with van der Waals surface area (Å²) in [6.45, 7) is 0. The zero-order chi connectivity index (χ0) is 20.1. The quantitative estimate of drug-likeness (QED) is 0.661. The van der Waals surface area contributed by atoms with Crippen molar-refractivity contribution in [2.45, 2.75) is 32.1 Å². The van der Waals surface area contributed by atoms with E-state index >= 15 is 0 Å². The van der Waals surface area contributed by atoms with Crippen molar-refractivity contribution < 1.29 is 23.9 Å². The molecule has 144 valence electrons. The number of nitrogens with zero attached hydrogens (tertiary/aromatic N) is 1. The van der Waals surface area contributed by atoms with Crippen molar-refractivity contribution in [2.24, 2.45) is 10.9 Å². The zero-order valence-electron chi connectivity index (χ0n) is 15.2. The fourth-order valence-corrected chi connectivity index (χ4v) is 3.28. The summed E-state index contributed by atoms with van der Waals surface area (Å²) in [7, 11) is 0. The molecule has 0 aromatic heterocycles. The summed E-state index contributed by atoms with van der Waals surface area (Å²) in [6.07, 6.45) is 0.430. The van der Waals surface area contributed by atoms with Gasteiger partial charge in [0.2, 0.25) is 0 Å². The lowest BCUT2D eigenvalue weighted by molar-refractivity contribution is -0.143. The molecule has 6 heteroatoms. The highest BCUT2D eigenvalue weighted by Gasteiger charge is 2.26. The lowest BCUT2D eigenvalue weighted by atomic mass is 9.92. The van der Waals surface area contributed by atoms with Crippen LogP contribution in [0.25, 0.3) is 0 Å². The van der Waals surface area contributed by atoms with Crippen LogP contribution in [0.3, 0.4) is 0 Å². The van der Waals surface area contributed by atoms with E-state index < -0.39 is 11.9 Å². The van der Waals surface area contributed by atoms with Crippen molar-refractivity contribution in [3.8, 4) is 0 Å². The van der Waals surface area contributed by atoms with E-state index in [0.29, 0.717) is 23.4 Å². The highest BCUT2D eigenvalue weighted by molar-refractivity contribution is 5.99. The first-order chi connectivity index (χ1) is 13.4. The van der Waals surface area contributed by atoms with E-state index in [0.717, 1.165) is 5.56 Å². The normalized spacial score (nSPS) is 13.5. The standard InChI is InChI=1S/C22H20FNO4/c23-17-6-8-20-15(10-17)11-18(24-20)12-16(22(27)28)13-19(25)7-9-21(26)14-4-2-1-3-5-14/h1-6,8,10,16H,7,9,11-13H2,(H,27,28)/t16-/m0/s1. The number of ketones is 2. The number of rotatable bonds is 9. The number of carboxylic acid groups (broad SMARTS) is 1. The monoisotopic (exact) mass is 381 g/mol. The molecule has 0 saturated heterocycles. The Kier molecular flexibility index (Phi) is 6.09. The molecule has 1 aliphatic heterocycles. The van der Waals surface area contributed by atoms with Gasteiger partial charge in [-0.25, -0.2) is 4.39 Å². The van der Waals surface area contributed by atoms with E-state index in [4.69, 9.17) is 0 Å². The Balaban J connectivity index is 1.54. The Labute approximate surface area is 161 Å². The molecule has 0 amide bonds. The minimum atomic E-state index is -1.08. The number of carbonyl (C=O) groups excluding carboxylic acids is 2. The van der Waals surface area contributed by atoms with Gasteiger partial charge in [-0.05, 0) is 30.2 Å². The minimum absolute atomic E-state index is 0.00935. The fourth-order valence-electron chi connectivity index (χ4n) is 3.28. The van der Waals surface area contributed by atoms with Crippen LogP contribution in [0.5, 0.6) is 0 Å². The Morgan fingerprint density at radius 2 is 1.82 bits per heavy atom. The largest absolute Gasteiger partial charge is 0.481 e. The molecule has 0 spiro atoms. The van der Waals surface area contributed by atoms with Crippen molar-refractivity contribution in [1.29, 1.82) is 0 Å². The third kappa shape index (κ3) is 4.97. The van der Waals surface area contributed by atoms with Gasteiger partial charge in [0.25, 0.3) is 0 Å². The predicted molar refractivity (Wildman–Crippen MR) is 103 cm³/mol. The topological polar surface area (TPSA) is 83.8 Å². The number of hydrogen-bond donors (Lipinski definition) is 1. The third-order valence-electron chi connectivity index (χ3n) is 4.75. The summed E-state index contributed by atoms with van der Waals surface area (Å²) < 4.78 is 13.3. The van der Waals surface area contributed by atoms with Crippen LogP contribution in [0, 0.1) is 11.7 Å². The molecule has 28 heavy (non-hydrogen) atoms. The molecule has 1 atom stereocenters. The molecule has 2 aromatic carbocycles. The van der Waals surface area contributed by atoms with Gasteiger partial charge in [0.05, 0.1) is 11.6 Å². The minimum Gasteiger partial charge on any atom is -0.481 e. The molecule has 3 rings (SSSR count). The second-order valence-corrected chi connectivity index (χ2v) is 6.90. The zero-order valence-corrected chi connectivity index (χ0v) is 15.2. The number of benzene rings is 2. The van der Waals surface area contributed by atoms with E-state index in [9.17, 15) is 23.9 Å². The van der Waals surface area contributed by atoms with Crippen LogP contribution in [-0.4, -0.2) is 28.4 Å². The van der Waals surface area contributed by atoms with E-state index in [-0.39, 0.29) is 43.1 Å². The molecule has 0 unspecified atom stereocenters. The van der Waals surface area contributed by atoms with Crippen molar-refractivity contribution in [3.63, 3.8) is 0 Å². The third-order valence-corrected chi connectivity index (χ3v) is 4.75. The van der Waals surface area contributed by atoms with Crippen molar-refractivity contribution in [1.82, 2.24) is 0 Å². The second kappa shape index (κ2) is 8.69. The fraction of sp³-hybridized carbons (Fsp3) is 0.273. The van der Waals surface area contributed by atoms with Gasteiger partial charge in [-0.2, -0.15) is 0 Å². The second-order valence-electron chi connectivity index (χ2n) is 6.90. The smallest absolute Gasteiger partial charge is 0.307 e. The van der Waals surface area contributed by atoms with Gasteiger partial charge in [0.15, 0.2) is 5.78 Å². The lowest BCUT2D eigenvalue weighted by Crippen LogP contribution is -2.22. The molecular formula is C22H20FNO4. The number of aliphatic imine (C=N–C) groups is 1. The molecule has 0 radical (unpaired) electrons. The Bertz CT molecular complexity index is 937. The van der Waals surface area contributed by atoms with Gasteiger partial charge in [0.1, 0.15) is 11.6 Å². The van der Waals surface area contributed by atoms with Gasteiger partial charge < -0.3 is 5.11 Å². The summed E-state index contributed by atoms with van der Waals surface area (Å²) in [6, 6.07) is 12.9. The molecule has 0 bridgehead atoms. The SMILES string of the molecule is O=C(CCC(=O)c1ccccc1)C[C@H](CC1=Nc2ccc(F)cc2C1)C(=O)O. The van der Waals surface area contributed by atoms with Gasteiger partial charge in [-0.15, -0.1) is 0 Å². The van der Waals surface area contributed by atoms with Crippen LogP contribution in [0.15, 0.2) is 53.5 Å². The maximum atomic E-state index is 13.3. The summed E-state index contributed by atoms with van der Waals surface area (Å²) >= 11 is 0. The van der Waals surface area contributed by atoms with Crippen LogP contribution < -0.4 is 0 Å².